The van der Waals surface area contributed by atoms with Gasteiger partial charge in [-0.1, -0.05) is 5.10 Å². The van der Waals surface area contributed by atoms with Gasteiger partial charge in [0.25, 0.3) is 0 Å². The Bertz CT molecular complexity index is 335. The zero-order chi connectivity index (χ0) is 9.54. The van der Waals surface area contributed by atoms with Crippen LogP contribution in [0.4, 0.5) is 6.01 Å². The van der Waals surface area contributed by atoms with Crippen molar-refractivity contribution in [2.75, 3.05) is 11.9 Å². The van der Waals surface area contributed by atoms with Gasteiger partial charge in [0.1, 0.15) is 0 Å². The summed E-state index contributed by atoms with van der Waals surface area (Å²) in [7, 11) is 0. The van der Waals surface area contributed by atoms with Crippen LogP contribution in [0.1, 0.15) is 31.1 Å². The van der Waals surface area contributed by atoms with Gasteiger partial charge in [-0.25, -0.2) is 0 Å². The molecule has 2 atom stereocenters. The number of rotatable bonds is 4. The highest BCUT2D eigenvalue weighted by molar-refractivity contribution is 5.25. The standard InChI is InChI=1S/C9H13N3O2/c13-4-6-3-7(6)10-9-12-11-8(14-9)5-1-2-5/h5-7,13H,1-4H2,(H,10,12). The predicted molar refractivity (Wildman–Crippen MR) is 48.9 cm³/mol. The largest absolute Gasteiger partial charge is 0.408 e. The normalized spacial score (nSPS) is 30.4. The van der Waals surface area contributed by atoms with E-state index in [1.54, 1.807) is 0 Å². The lowest BCUT2D eigenvalue weighted by molar-refractivity contribution is 0.275. The minimum absolute atomic E-state index is 0.237. The van der Waals surface area contributed by atoms with E-state index in [0.29, 0.717) is 23.9 Å². The molecule has 2 saturated carbocycles. The Morgan fingerprint density at radius 1 is 1.43 bits per heavy atom. The van der Waals surface area contributed by atoms with Gasteiger partial charge in [0.05, 0.1) is 0 Å². The van der Waals surface area contributed by atoms with E-state index >= 15 is 0 Å². The molecule has 1 heterocycles. The molecule has 2 unspecified atom stereocenters. The van der Waals surface area contributed by atoms with Crippen LogP contribution in [0.25, 0.3) is 0 Å². The summed E-state index contributed by atoms with van der Waals surface area (Å²) < 4.78 is 5.44. The summed E-state index contributed by atoms with van der Waals surface area (Å²) in [4.78, 5) is 0. The topological polar surface area (TPSA) is 71.2 Å². The summed E-state index contributed by atoms with van der Waals surface area (Å²) in [6, 6.07) is 0.834. The second kappa shape index (κ2) is 2.95. The molecule has 0 aromatic carbocycles. The zero-order valence-electron chi connectivity index (χ0n) is 7.81. The molecule has 2 N–H and O–H groups in total. The lowest BCUT2D eigenvalue weighted by atomic mass is 10.4. The van der Waals surface area contributed by atoms with E-state index in [0.717, 1.165) is 12.3 Å². The number of aliphatic hydroxyl groups is 1. The number of anilines is 1. The van der Waals surface area contributed by atoms with E-state index in [2.05, 4.69) is 15.5 Å². The van der Waals surface area contributed by atoms with Crippen molar-refractivity contribution in [2.45, 2.75) is 31.2 Å². The summed E-state index contributed by atoms with van der Waals surface area (Å²) in [6.45, 7) is 0.237. The van der Waals surface area contributed by atoms with Gasteiger partial charge in [-0.3, -0.25) is 0 Å². The van der Waals surface area contributed by atoms with Crippen LogP contribution >= 0.6 is 0 Å². The Morgan fingerprint density at radius 2 is 2.29 bits per heavy atom. The number of aliphatic hydroxyl groups excluding tert-OH is 1. The molecule has 2 aliphatic rings. The summed E-state index contributed by atoms with van der Waals surface area (Å²) in [6.07, 6.45) is 3.34. The predicted octanol–water partition coefficient (Wildman–Crippen LogP) is 0.740. The monoisotopic (exact) mass is 195 g/mol. The van der Waals surface area contributed by atoms with Crippen molar-refractivity contribution >= 4 is 6.01 Å². The number of nitrogens with zero attached hydrogens (tertiary/aromatic N) is 2. The van der Waals surface area contributed by atoms with Gasteiger partial charge in [-0.05, 0) is 19.3 Å². The Kier molecular flexibility index (Phi) is 1.73. The third kappa shape index (κ3) is 1.48. The third-order valence-corrected chi connectivity index (χ3v) is 2.83. The molecular weight excluding hydrogens is 182 g/mol. The van der Waals surface area contributed by atoms with Gasteiger partial charge in [0.15, 0.2) is 0 Å². The highest BCUT2D eigenvalue weighted by atomic mass is 16.4. The van der Waals surface area contributed by atoms with Gasteiger partial charge in [-0.2, -0.15) is 0 Å². The van der Waals surface area contributed by atoms with E-state index < -0.39 is 0 Å². The maximum atomic E-state index is 8.85. The molecule has 0 amide bonds. The van der Waals surface area contributed by atoms with Crippen LogP contribution < -0.4 is 5.32 Å². The molecule has 2 aliphatic carbocycles. The van der Waals surface area contributed by atoms with E-state index in [9.17, 15) is 0 Å². The maximum absolute atomic E-state index is 8.85. The van der Waals surface area contributed by atoms with Crippen LogP contribution in [0.5, 0.6) is 0 Å². The van der Waals surface area contributed by atoms with Crippen LogP contribution in [0.2, 0.25) is 0 Å². The summed E-state index contributed by atoms with van der Waals surface area (Å²) in [5, 5.41) is 19.9. The molecule has 0 saturated heterocycles. The minimum atomic E-state index is 0.237. The van der Waals surface area contributed by atoms with Crippen molar-refractivity contribution in [1.82, 2.24) is 10.2 Å². The maximum Gasteiger partial charge on any atom is 0.315 e. The van der Waals surface area contributed by atoms with E-state index in [-0.39, 0.29) is 6.61 Å². The first-order valence-corrected chi connectivity index (χ1v) is 5.07. The van der Waals surface area contributed by atoms with Gasteiger partial charge in [0, 0.05) is 24.5 Å². The number of nitrogens with one attached hydrogen (secondary N) is 1. The van der Waals surface area contributed by atoms with E-state index in [4.69, 9.17) is 9.52 Å². The van der Waals surface area contributed by atoms with Crippen molar-refractivity contribution in [3.8, 4) is 0 Å². The second-order valence-corrected chi connectivity index (χ2v) is 4.15. The summed E-state index contributed by atoms with van der Waals surface area (Å²) in [5.74, 6) is 1.63. The van der Waals surface area contributed by atoms with Crippen LogP contribution in [0.15, 0.2) is 4.42 Å². The number of aromatic nitrogens is 2. The molecule has 0 radical (unpaired) electrons. The minimum Gasteiger partial charge on any atom is -0.408 e. The quantitative estimate of drug-likeness (QED) is 0.741. The van der Waals surface area contributed by atoms with Gasteiger partial charge >= 0.3 is 6.01 Å². The Morgan fingerprint density at radius 3 is 2.93 bits per heavy atom. The molecule has 14 heavy (non-hydrogen) atoms. The molecule has 3 rings (SSSR count). The van der Waals surface area contributed by atoms with Crippen LogP contribution in [-0.4, -0.2) is 28.0 Å². The van der Waals surface area contributed by atoms with Crippen molar-refractivity contribution in [2.24, 2.45) is 5.92 Å². The highest BCUT2D eigenvalue weighted by Crippen LogP contribution is 2.40. The fourth-order valence-corrected chi connectivity index (χ4v) is 1.57. The van der Waals surface area contributed by atoms with Crippen molar-refractivity contribution in [3.63, 3.8) is 0 Å². The molecule has 5 nitrogen and oxygen atoms in total. The van der Waals surface area contributed by atoms with Gasteiger partial charge in [-0.15, -0.1) is 5.10 Å². The zero-order valence-corrected chi connectivity index (χ0v) is 7.81. The molecule has 0 spiro atoms. The van der Waals surface area contributed by atoms with Crippen LogP contribution in [0.3, 0.4) is 0 Å². The van der Waals surface area contributed by atoms with Gasteiger partial charge in [0.2, 0.25) is 5.89 Å². The Balaban J connectivity index is 1.60. The Labute approximate surface area is 81.5 Å². The molecule has 1 aromatic heterocycles. The van der Waals surface area contributed by atoms with Gasteiger partial charge < -0.3 is 14.8 Å². The molecule has 0 aliphatic heterocycles. The fourth-order valence-electron chi connectivity index (χ4n) is 1.57. The third-order valence-electron chi connectivity index (χ3n) is 2.83. The summed E-state index contributed by atoms with van der Waals surface area (Å²) >= 11 is 0. The summed E-state index contributed by atoms with van der Waals surface area (Å²) in [5.41, 5.74) is 0. The number of hydrogen-bond acceptors (Lipinski definition) is 5. The average molecular weight is 195 g/mol. The van der Waals surface area contributed by atoms with Crippen LogP contribution in [0, 0.1) is 5.92 Å². The lowest BCUT2D eigenvalue weighted by Gasteiger charge is -1.96. The SMILES string of the molecule is OCC1CC1Nc1nnc(C2CC2)o1. The highest BCUT2D eigenvalue weighted by Gasteiger charge is 2.38. The molecule has 76 valence electrons. The van der Waals surface area contributed by atoms with Crippen molar-refractivity contribution in [1.29, 1.82) is 0 Å². The average Bonchev–Trinajstić information content (AvgIpc) is 3.07. The van der Waals surface area contributed by atoms with E-state index in [1.807, 2.05) is 0 Å². The molecule has 5 heteroatoms. The Hall–Kier alpha value is -1.10. The van der Waals surface area contributed by atoms with Crippen molar-refractivity contribution < 1.29 is 9.52 Å². The molecule has 0 bridgehead atoms. The molecular formula is C9H13N3O2. The van der Waals surface area contributed by atoms with Crippen LogP contribution in [-0.2, 0) is 0 Å². The first kappa shape index (κ1) is 8.23. The second-order valence-electron chi connectivity index (χ2n) is 4.15. The fraction of sp³-hybridized carbons (Fsp3) is 0.778. The lowest BCUT2D eigenvalue weighted by Crippen LogP contribution is -2.06. The molecule has 2 fully saturated rings. The smallest absolute Gasteiger partial charge is 0.315 e. The van der Waals surface area contributed by atoms with E-state index in [1.165, 1.54) is 12.8 Å². The molecule has 1 aromatic rings. The first-order valence-electron chi connectivity index (χ1n) is 5.07. The first-order chi connectivity index (χ1) is 6.86. The van der Waals surface area contributed by atoms with Crippen molar-refractivity contribution in [3.05, 3.63) is 5.89 Å². The number of hydrogen-bond donors (Lipinski definition) is 2.